The molecule has 96 valence electrons. The number of nitrogens with one attached hydrogen (secondary N) is 1. The summed E-state index contributed by atoms with van der Waals surface area (Å²) in [7, 11) is 0. The highest BCUT2D eigenvalue weighted by Crippen LogP contribution is 2.20. The van der Waals surface area contributed by atoms with Crippen LogP contribution in [-0.4, -0.2) is 11.9 Å². The van der Waals surface area contributed by atoms with E-state index in [2.05, 4.69) is 25.2 Å². The van der Waals surface area contributed by atoms with Crippen molar-refractivity contribution in [1.82, 2.24) is 5.32 Å². The zero-order chi connectivity index (χ0) is 13.0. The zero-order valence-corrected chi connectivity index (χ0v) is 11.9. The van der Waals surface area contributed by atoms with Gasteiger partial charge in [-0.3, -0.25) is 4.79 Å². The van der Waals surface area contributed by atoms with Gasteiger partial charge in [0.15, 0.2) is 0 Å². The molecule has 0 saturated carbocycles. The molecule has 0 aliphatic carbocycles. The smallest absolute Gasteiger partial charge is 0.237 e. The lowest BCUT2D eigenvalue weighted by atomic mass is 9.99. The molecule has 0 spiro atoms. The van der Waals surface area contributed by atoms with E-state index < -0.39 is 6.04 Å². The van der Waals surface area contributed by atoms with Gasteiger partial charge in [-0.25, -0.2) is 0 Å². The van der Waals surface area contributed by atoms with Crippen LogP contribution in [0.2, 0.25) is 0 Å². The average Bonchev–Trinajstić information content (AvgIpc) is 2.63. The van der Waals surface area contributed by atoms with Crippen LogP contribution in [0.1, 0.15) is 35.6 Å². The van der Waals surface area contributed by atoms with Crippen LogP contribution in [-0.2, 0) is 11.3 Å². The van der Waals surface area contributed by atoms with Crippen LogP contribution in [0.5, 0.6) is 0 Å². The molecule has 0 aliphatic heterocycles. The maximum Gasteiger partial charge on any atom is 0.237 e. The minimum Gasteiger partial charge on any atom is -0.350 e. The molecule has 1 aromatic rings. The van der Waals surface area contributed by atoms with Gasteiger partial charge in [0.05, 0.1) is 12.6 Å². The predicted molar refractivity (Wildman–Crippen MR) is 73.1 cm³/mol. The minimum absolute atomic E-state index is 0.0527. The van der Waals surface area contributed by atoms with Crippen molar-refractivity contribution in [3.05, 3.63) is 21.4 Å². The van der Waals surface area contributed by atoms with Gasteiger partial charge in [-0.2, -0.15) is 0 Å². The number of carbonyl (C=O) groups is 1. The van der Waals surface area contributed by atoms with Gasteiger partial charge >= 0.3 is 0 Å². The Morgan fingerprint density at radius 3 is 2.65 bits per heavy atom. The molecule has 4 heteroatoms. The Balaban J connectivity index is 2.48. The normalized spacial score (nSPS) is 14.4. The van der Waals surface area contributed by atoms with E-state index in [1.54, 1.807) is 11.3 Å². The molecule has 0 bridgehead atoms. The number of rotatable bonds is 5. The third-order valence-electron chi connectivity index (χ3n) is 3.21. The number of carbonyl (C=O) groups excluding carboxylic acids is 1. The monoisotopic (exact) mass is 254 g/mol. The predicted octanol–water partition coefficient (Wildman–Crippen LogP) is 2.35. The highest BCUT2D eigenvalue weighted by molar-refractivity contribution is 7.12. The molecule has 1 amide bonds. The van der Waals surface area contributed by atoms with Crippen LogP contribution < -0.4 is 11.1 Å². The summed E-state index contributed by atoms with van der Waals surface area (Å²) < 4.78 is 0. The molecule has 3 nitrogen and oxygen atoms in total. The number of thiophene rings is 1. The maximum atomic E-state index is 11.8. The van der Waals surface area contributed by atoms with Gasteiger partial charge in [0.1, 0.15) is 0 Å². The van der Waals surface area contributed by atoms with E-state index in [1.807, 2.05) is 13.8 Å². The average molecular weight is 254 g/mol. The van der Waals surface area contributed by atoms with Gasteiger partial charge in [-0.05, 0) is 31.4 Å². The van der Waals surface area contributed by atoms with Crippen molar-refractivity contribution in [1.29, 1.82) is 0 Å². The summed E-state index contributed by atoms with van der Waals surface area (Å²) in [5.74, 6) is 0.171. The topological polar surface area (TPSA) is 55.1 Å². The molecule has 1 aromatic heterocycles. The molecule has 0 radical (unpaired) electrons. The van der Waals surface area contributed by atoms with E-state index in [1.165, 1.54) is 15.3 Å². The summed E-state index contributed by atoms with van der Waals surface area (Å²) in [5, 5.41) is 2.90. The number of hydrogen-bond donors (Lipinski definition) is 2. The second kappa shape index (κ2) is 6.17. The molecule has 0 aromatic carbocycles. The largest absolute Gasteiger partial charge is 0.350 e. The minimum atomic E-state index is -0.401. The Morgan fingerprint density at radius 1 is 1.53 bits per heavy atom. The Labute approximate surface area is 107 Å². The molecule has 0 fully saturated rings. The fourth-order valence-electron chi connectivity index (χ4n) is 1.54. The van der Waals surface area contributed by atoms with Crippen molar-refractivity contribution in [3.63, 3.8) is 0 Å². The van der Waals surface area contributed by atoms with Crippen molar-refractivity contribution in [2.24, 2.45) is 11.7 Å². The van der Waals surface area contributed by atoms with Gasteiger partial charge in [-0.1, -0.05) is 20.3 Å². The number of amides is 1. The van der Waals surface area contributed by atoms with E-state index in [4.69, 9.17) is 5.73 Å². The Kier molecular flexibility index (Phi) is 5.15. The second-order valence-corrected chi connectivity index (χ2v) is 5.92. The molecule has 0 saturated heterocycles. The highest BCUT2D eigenvalue weighted by Gasteiger charge is 2.18. The van der Waals surface area contributed by atoms with Crippen LogP contribution in [0.3, 0.4) is 0 Å². The Morgan fingerprint density at radius 2 is 2.18 bits per heavy atom. The van der Waals surface area contributed by atoms with Gasteiger partial charge in [-0.15, -0.1) is 11.3 Å². The number of nitrogens with two attached hydrogens (primary N) is 1. The molecule has 2 atom stereocenters. The van der Waals surface area contributed by atoms with E-state index in [0.717, 1.165) is 6.42 Å². The third-order valence-corrected chi connectivity index (χ3v) is 4.37. The lowest BCUT2D eigenvalue weighted by Gasteiger charge is -2.17. The first-order valence-corrected chi connectivity index (χ1v) is 6.86. The Bertz CT molecular complexity index is 367. The lowest BCUT2D eigenvalue weighted by molar-refractivity contribution is -0.123. The molecule has 1 unspecified atom stereocenters. The van der Waals surface area contributed by atoms with Gasteiger partial charge in [0.2, 0.25) is 5.91 Å². The maximum absolute atomic E-state index is 11.8. The quantitative estimate of drug-likeness (QED) is 0.847. The van der Waals surface area contributed by atoms with Crippen molar-refractivity contribution in [2.75, 3.05) is 0 Å². The fraction of sp³-hybridized carbons (Fsp3) is 0.615. The fourth-order valence-corrected chi connectivity index (χ4v) is 2.53. The van der Waals surface area contributed by atoms with Crippen molar-refractivity contribution >= 4 is 17.2 Å². The first-order chi connectivity index (χ1) is 7.95. The highest BCUT2D eigenvalue weighted by atomic mass is 32.1. The van der Waals surface area contributed by atoms with E-state index >= 15 is 0 Å². The molecular weight excluding hydrogens is 232 g/mol. The summed E-state index contributed by atoms with van der Waals surface area (Å²) in [5.41, 5.74) is 7.14. The second-order valence-electron chi connectivity index (χ2n) is 4.58. The van der Waals surface area contributed by atoms with Crippen molar-refractivity contribution in [2.45, 2.75) is 46.7 Å². The standard InChI is InChI=1S/C13H22N2OS/c1-5-8(2)12(14)13(16)15-7-11-6-9(3)10(4)17-11/h6,8,12H,5,7,14H2,1-4H3,(H,15,16)/t8?,12-/m0/s1. The first-order valence-electron chi connectivity index (χ1n) is 6.04. The molecule has 1 heterocycles. The van der Waals surface area contributed by atoms with Gasteiger partial charge in [0, 0.05) is 9.75 Å². The van der Waals surface area contributed by atoms with Crippen LogP contribution in [0.4, 0.5) is 0 Å². The van der Waals surface area contributed by atoms with E-state index in [-0.39, 0.29) is 11.8 Å². The van der Waals surface area contributed by atoms with Crippen LogP contribution in [0.15, 0.2) is 6.07 Å². The molecular formula is C13H22N2OS. The Hall–Kier alpha value is -0.870. The number of aryl methyl sites for hydroxylation is 2. The molecule has 1 rings (SSSR count). The van der Waals surface area contributed by atoms with E-state index in [0.29, 0.717) is 6.54 Å². The summed E-state index contributed by atoms with van der Waals surface area (Å²) in [6.45, 7) is 8.81. The SMILES string of the molecule is CCC(C)[C@H](N)C(=O)NCc1cc(C)c(C)s1. The molecule has 3 N–H and O–H groups in total. The van der Waals surface area contributed by atoms with Crippen molar-refractivity contribution in [3.8, 4) is 0 Å². The van der Waals surface area contributed by atoms with Crippen LogP contribution in [0.25, 0.3) is 0 Å². The van der Waals surface area contributed by atoms with Gasteiger partial charge < -0.3 is 11.1 Å². The van der Waals surface area contributed by atoms with Crippen molar-refractivity contribution < 1.29 is 4.79 Å². The molecule has 0 aliphatic rings. The third kappa shape index (κ3) is 3.82. The van der Waals surface area contributed by atoms with Crippen LogP contribution >= 0.6 is 11.3 Å². The summed E-state index contributed by atoms with van der Waals surface area (Å²) >= 11 is 1.73. The summed E-state index contributed by atoms with van der Waals surface area (Å²) in [6.07, 6.45) is 0.922. The van der Waals surface area contributed by atoms with Gasteiger partial charge in [0.25, 0.3) is 0 Å². The zero-order valence-electron chi connectivity index (χ0n) is 11.0. The van der Waals surface area contributed by atoms with E-state index in [9.17, 15) is 4.79 Å². The first kappa shape index (κ1) is 14.2. The molecule has 17 heavy (non-hydrogen) atoms. The summed E-state index contributed by atoms with van der Waals surface area (Å²) in [4.78, 5) is 14.3. The number of hydrogen-bond acceptors (Lipinski definition) is 3. The summed E-state index contributed by atoms with van der Waals surface area (Å²) in [6, 6.07) is 1.72. The van der Waals surface area contributed by atoms with Crippen LogP contribution in [0, 0.1) is 19.8 Å². The lowest BCUT2D eigenvalue weighted by Crippen LogP contribution is -2.44.